The topological polar surface area (TPSA) is 59.0 Å². The van der Waals surface area contributed by atoms with E-state index in [1.54, 1.807) is 0 Å². The van der Waals surface area contributed by atoms with Gasteiger partial charge in [0.25, 0.3) is 5.91 Å². The Labute approximate surface area is 148 Å². The number of hydrogen-bond donors (Lipinski definition) is 2. The summed E-state index contributed by atoms with van der Waals surface area (Å²) in [7, 11) is 0. The van der Waals surface area contributed by atoms with Crippen LogP contribution in [0.4, 0.5) is 0 Å². The second kappa shape index (κ2) is 7.40. The molecule has 2 N–H and O–H groups in total. The summed E-state index contributed by atoms with van der Waals surface area (Å²) in [6.07, 6.45) is 6.47. The molecule has 1 aliphatic heterocycles. The third kappa shape index (κ3) is 3.76. The number of aromatic nitrogens is 2. The average molecular weight is 338 g/mol. The van der Waals surface area contributed by atoms with Crippen molar-refractivity contribution in [2.24, 2.45) is 0 Å². The van der Waals surface area contributed by atoms with E-state index in [4.69, 9.17) is 0 Å². The predicted octanol–water partition coefficient (Wildman–Crippen LogP) is 2.66. The predicted molar refractivity (Wildman–Crippen MR) is 97.8 cm³/mol. The summed E-state index contributed by atoms with van der Waals surface area (Å²) in [5.41, 5.74) is 3.35. The van der Waals surface area contributed by atoms with Gasteiger partial charge in [0.1, 0.15) is 0 Å². The minimum absolute atomic E-state index is 0.0466. The van der Waals surface area contributed by atoms with Crippen LogP contribution in [0.25, 0.3) is 0 Å². The van der Waals surface area contributed by atoms with E-state index in [1.807, 2.05) is 24.4 Å². The van der Waals surface area contributed by atoms with Gasteiger partial charge in [-0.3, -0.25) is 9.48 Å². The van der Waals surface area contributed by atoms with Crippen LogP contribution in [0.5, 0.6) is 0 Å². The Morgan fingerprint density at radius 3 is 2.88 bits per heavy atom. The monoisotopic (exact) mass is 338 g/mol. The molecular weight excluding hydrogens is 312 g/mol. The molecule has 1 amide bonds. The summed E-state index contributed by atoms with van der Waals surface area (Å²) in [4.78, 5) is 12.6. The number of nitrogens with one attached hydrogen (secondary N) is 2. The van der Waals surface area contributed by atoms with Crippen LogP contribution in [-0.4, -0.2) is 35.3 Å². The zero-order valence-electron chi connectivity index (χ0n) is 14.6. The lowest BCUT2D eigenvalue weighted by Gasteiger charge is -2.15. The van der Waals surface area contributed by atoms with E-state index >= 15 is 0 Å². The van der Waals surface area contributed by atoms with Crippen LogP contribution in [0, 0.1) is 0 Å². The van der Waals surface area contributed by atoms with Crippen LogP contribution in [0.3, 0.4) is 0 Å². The molecule has 5 heteroatoms. The van der Waals surface area contributed by atoms with Crippen molar-refractivity contribution in [1.82, 2.24) is 20.4 Å². The van der Waals surface area contributed by atoms with Gasteiger partial charge in [0, 0.05) is 43.0 Å². The first kappa shape index (κ1) is 16.3. The maximum Gasteiger partial charge on any atom is 0.251 e. The van der Waals surface area contributed by atoms with Crippen LogP contribution in [0.15, 0.2) is 36.5 Å². The molecule has 1 aliphatic carbocycles. The molecule has 1 atom stereocenters. The molecule has 1 saturated carbocycles. The molecule has 0 unspecified atom stereocenters. The molecule has 1 saturated heterocycles. The van der Waals surface area contributed by atoms with E-state index < -0.39 is 0 Å². The molecule has 1 aromatic heterocycles. The first-order valence-electron chi connectivity index (χ1n) is 9.42. The number of nitrogens with zero attached hydrogens (tertiary/aromatic N) is 2. The van der Waals surface area contributed by atoms with Gasteiger partial charge in [0.05, 0.1) is 0 Å². The van der Waals surface area contributed by atoms with Gasteiger partial charge in [0.2, 0.25) is 0 Å². The number of benzene rings is 1. The zero-order chi connectivity index (χ0) is 17.1. The summed E-state index contributed by atoms with van der Waals surface area (Å²) in [6.45, 7) is 3.55. The molecule has 0 spiro atoms. The van der Waals surface area contributed by atoms with Gasteiger partial charge in [-0.05, 0) is 55.8 Å². The third-order valence-corrected chi connectivity index (χ3v) is 5.28. The van der Waals surface area contributed by atoms with Crippen molar-refractivity contribution in [2.45, 2.75) is 44.1 Å². The van der Waals surface area contributed by atoms with E-state index in [2.05, 4.69) is 32.5 Å². The van der Waals surface area contributed by atoms with Gasteiger partial charge < -0.3 is 10.6 Å². The smallest absolute Gasteiger partial charge is 0.251 e. The maximum absolute atomic E-state index is 12.6. The molecule has 2 aromatic rings. The molecule has 4 rings (SSSR count). The molecule has 2 aliphatic rings. The van der Waals surface area contributed by atoms with Gasteiger partial charge in [-0.2, -0.15) is 5.10 Å². The number of amides is 1. The van der Waals surface area contributed by atoms with Crippen LogP contribution in [-0.2, 0) is 6.54 Å². The Hall–Kier alpha value is -2.14. The Morgan fingerprint density at radius 1 is 1.20 bits per heavy atom. The summed E-state index contributed by atoms with van der Waals surface area (Å²) < 4.78 is 2.10. The van der Waals surface area contributed by atoms with Crippen molar-refractivity contribution in [1.29, 1.82) is 0 Å². The highest BCUT2D eigenvalue weighted by atomic mass is 16.1. The highest BCUT2D eigenvalue weighted by Crippen LogP contribution is 2.39. The fraction of sp³-hybridized carbons (Fsp3) is 0.500. The van der Waals surface area contributed by atoms with E-state index in [1.165, 1.54) is 24.1 Å². The van der Waals surface area contributed by atoms with Crippen molar-refractivity contribution in [2.75, 3.05) is 19.6 Å². The van der Waals surface area contributed by atoms with Gasteiger partial charge >= 0.3 is 0 Å². The number of hydrogen-bond acceptors (Lipinski definition) is 3. The Morgan fingerprint density at radius 2 is 2.08 bits per heavy atom. The zero-order valence-corrected chi connectivity index (χ0v) is 14.6. The van der Waals surface area contributed by atoms with E-state index in [9.17, 15) is 4.79 Å². The summed E-state index contributed by atoms with van der Waals surface area (Å²) in [6, 6.07) is 10.1. The Bertz CT molecular complexity index is 729. The van der Waals surface area contributed by atoms with Crippen LogP contribution >= 0.6 is 0 Å². The van der Waals surface area contributed by atoms with Crippen molar-refractivity contribution < 1.29 is 4.79 Å². The lowest BCUT2D eigenvalue weighted by atomic mass is 9.93. The molecule has 25 heavy (non-hydrogen) atoms. The van der Waals surface area contributed by atoms with Gasteiger partial charge in [-0.25, -0.2) is 0 Å². The van der Waals surface area contributed by atoms with Gasteiger partial charge in [-0.15, -0.1) is 0 Å². The molecule has 132 valence electrons. The molecule has 1 aromatic carbocycles. The van der Waals surface area contributed by atoms with E-state index in [-0.39, 0.29) is 5.91 Å². The van der Waals surface area contributed by atoms with Crippen LogP contribution in [0.2, 0.25) is 0 Å². The SMILES string of the molecule is O=C(NCCCn1nccc1C1CC1)c1ccccc1[C@@H]1CCNC1. The first-order chi connectivity index (χ1) is 12.3. The van der Waals surface area contributed by atoms with Crippen molar-refractivity contribution in [3.05, 3.63) is 53.3 Å². The van der Waals surface area contributed by atoms with Gasteiger partial charge in [-0.1, -0.05) is 18.2 Å². The molecule has 2 heterocycles. The first-order valence-corrected chi connectivity index (χ1v) is 9.42. The van der Waals surface area contributed by atoms with E-state index in [0.29, 0.717) is 18.4 Å². The molecule has 0 radical (unpaired) electrons. The average Bonchev–Trinajstić information content (AvgIpc) is 3.14. The highest BCUT2D eigenvalue weighted by Gasteiger charge is 2.26. The van der Waals surface area contributed by atoms with E-state index in [0.717, 1.165) is 38.0 Å². The molecule has 0 bridgehead atoms. The van der Waals surface area contributed by atoms with Crippen LogP contribution < -0.4 is 10.6 Å². The largest absolute Gasteiger partial charge is 0.352 e. The number of carbonyl (C=O) groups is 1. The van der Waals surface area contributed by atoms with Crippen LogP contribution in [0.1, 0.15) is 59.1 Å². The lowest BCUT2D eigenvalue weighted by molar-refractivity contribution is 0.0951. The second-order valence-corrected chi connectivity index (χ2v) is 7.14. The quantitative estimate of drug-likeness (QED) is 0.763. The Balaban J connectivity index is 1.31. The number of carbonyl (C=O) groups excluding carboxylic acids is 1. The summed E-state index contributed by atoms with van der Waals surface area (Å²) in [5, 5.41) is 10.9. The highest BCUT2D eigenvalue weighted by molar-refractivity contribution is 5.95. The number of aryl methyl sites for hydroxylation is 1. The minimum Gasteiger partial charge on any atom is -0.352 e. The standard InChI is InChI=1S/C20H26N4O/c25-20(18-5-2-1-4-17(18)16-8-11-21-14-16)22-10-3-13-24-19(9-12-23-24)15-6-7-15/h1-2,4-5,9,12,15-16,21H,3,6-8,10-11,13-14H2,(H,22,25)/t16-/m1/s1. The molecule has 5 nitrogen and oxygen atoms in total. The normalized spacial score (nSPS) is 19.9. The van der Waals surface area contributed by atoms with Crippen molar-refractivity contribution in [3.8, 4) is 0 Å². The van der Waals surface area contributed by atoms with Crippen molar-refractivity contribution in [3.63, 3.8) is 0 Å². The maximum atomic E-state index is 12.6. The summed E-state index contributed by atoms with van der Waals surface area (Å²) in [5.74, 6) is 1.21. The molecular formula is C20H26N4O. The molecule has 2 fully saturated rings. The third-order valence-electron chi connectivity index (χ3n) is 5.28. The fourth-order valence-electron chi connectivity index (χ4n) is 3.76. The fourth-order valence-corrected chi connectivity index (χ4v) is 3.76. The minimum atomic E-state index is 0.0466. The lowest BCUT2D eigenvalue weighted by Crippen LogP contribution is -2.27. The number of rotatable bonds is 7. The second-order valence-electron chi connectivity index (χ2n) is 7.14. The summed E-state index contributed by atoms with van der Waals surface area (Å²) >= 11 is 0. The van der Waals surface area contributed by atoms with Crippen molar-refractivity contribution >= 4 is 5.91 Å². The Kier molecular flexibility index (Phi) is 4.83. The van der Waals surface area contributed by atoms with Gasteiger partial charge in [0.15, 0.2) is 0 Å².